The Kier molecular flexibility index (Phi) is 2.76. The Balaban J connectivity index is 2.27. The van der Waals surface area contributed by atoms with E-state index < -0.39 is 6.10 Å². The first-order valence-corrected chi connectivity index (χ1v) is 5.33. The summed E-state index contributed by atoms with van der Waals surface area (Å²) in [7, 11) is 1.67. The number of hydrogen-bond donors (Lipinski definition) is 1. The summed E-state index contributed by atoms with van der Waals surface area (Å²) in [6, 6.07) is 1.92. The van der Waals surface area contributed by atoms with Gasteiger partial charge in [0.05, 0.1) is 5.60 Å². The highest BCUT2D eigenvalue weighted by atomic mass is 16.5. The molecule has 1 aromatic heterocycles. The molecule has 0 saturated heterocycles. The molecule has 1 unspecified atom stereocenters. The molecule has 3 heteroatoms. The monoisotopic (exact) mass is 207 g/mol. The summed E-state index contributed by atoms with van der Waals surface area (Å²) < 4.78 is 5.47. The molecule has 82 valence electrons. The van der Waals surface area contributed by atoms with Crippen LogP contribution >= 0.6 is 0 Å². The number of rotatable bonds is 3. The molecule has 0 bridgehead atoms. The fourth-order valence-corrected chi connectivity index (χ4v) is 2.16. The van der Waals surface area contributed by atoms with Crippen molar-refractivity contribution >= 4 is 0 Å². The van der Waals surface area contributed by atoms with Crippen LogP contribution in [-0.2, 0) is 4.74 Å². The smallest absolute Gasteiger partial charge is 0.110 e. The topological polar surface area (TPSA) is 42.4 Å². The third-order valence-electron chi connectivity index (χ3n) is 3.48. The molecule has 1 aliphatic rings. The first kappa shape index (κ1) is 10.6. The summed E-state index contributed by atoms with van der Waals surface area (Å²) in [5.74, 6) is 0. The maximum atomic E-state index is 10.3. The predicted molar refractivity (Wildman–Crippen MR) is 57.5 cm³/mol. The van der Waals surface area contributed by atoms with Gasteiger partial charge in [-0.1, -0.05) is 0 Å². The minimum atomic E-state index is -0.551. The van der Waals surface area contributed by atoms with Crippen molar-refractivity contribution in [3.05, 3.63) is 29.6 Å². The Morgan fingerprint density at radius 3 is 2.73 bits per heavy atom. The Labute approximate surface area is 90.1 Å². The van der Waals surface area contributed by atoms with Gasteiger partial charge in [0.1, 0.15) is 6.10 Å². The average molecular weight is 207 g/mol. The van der Waals surface area contributed by atoms with E-state index >= 15 is 0 Å². The zero-order valence-corrected chi connectivity index (χ0v) is 9.23. The average Bonchev–Trinajstić information content (AvgIpc) is 2.17. The molecule has 0 aliphatic heterocycles. The number of aromatic nitrogens is 1. The summed E-state index contributed by atoms with van der Waals surface area (Å²) in [4.78, 5) is 4.06. The lowest BCUT2D eigenvalue weighted by Crippen LogP contribution is -2.45. The molecule has 1 heterocycles. The van der Waals surface area contributed by atoms with Crippen LogP contribution in [0.3, 0.4) is 0 Å². The van der Waals surface area contributed by atoms with E-state index in [9.17, 15) is 5.11 Å². The van der Waals surface area contributed by atoms with Crippen molar-refractivity contribution in [2.24, 2.45) is 0 Å². The van der Waals surface area contributed by atoms with Crippen LogP contribution in [-0.4, -0.2) is 22.8 Å². The third kappa shape index (κ3) is 1.66. The molecule has 1 aromatic rings. The fourth-order valence-electron chi connectivity index (χ4n) is 2.16. The highest BCUT2D eigenvalue weighted by molar-refractivity contribution is 5.27. The zero-order chi connectivity index (χ0) is 10.9. The number of nitrogens with zero attached hydrogens (tertiary/aromatic N) is 1. The van der Waals surface area contributed by atoms with E-state index in [4.69, 9.17) is 4.74 Å². The highest BCUT2D eigenvalue weighted by Crippen LogP contribution is 2.45. The van der Waals surface area contributed by atoms with Crippen molar-refractivity contribution < 1.29 is 9.84 Å². The molecule has 0 radical (unpaired) electrons. The number of pyridine rings is 1. The summed E-state index contributed by atoms with van der Waals surface area (Å²) in [5.41, 5.74) is 1.59. The summed E-state index contributed by atoms with van der Waals surface area (Å²) in [5, 5.41) is 10.3. The van der Waals surface area contributed by atoms with Gasteiger partial charge < -0.3 is 9.84 Å². The van der Waals surface area contributed by atoms with Crippen LogP contribution in [0.4, 0.5) is 0 Å². The lowest BCUT2D eigenvalue weighted by molar-refractivity contribution is -0.152. The van der Waals surface area contributed by atoms with Crippen LogP contribution < -0.4 is 0 Å². The third-order valence-corrected chi connectivity index (χ3v) is 3.48. The number of aliphatic hydroxyl groups is 1. The molecule has 1 saturated carbocycles. The minimum Gasteiger partial charge on any atom is -0.385 e. The minimum absolute atomic E-state index is 0.367. The van der Waals surface area contributed by atoms with Gasteiger partial charge in [0.2, 0.25) is 0 Å². The van der Waals surface area contributed by atoms with E-state index in [1.54, 1.807) is 19.5 Å². The van der Waals surface area contributed by atoms with Gasteiger partial charge in [0, 0.05) is 25.1 Å². The Morgan fingerprint density at radius 2 is 2.27 bits per heavy atom. The van der Waals surface area contributed by atoms with Gasteiger partial charge in [-0.05, 0) is 37.8 Å². The molecule has 15 heavy (non-hydrogen) atoms. The molecule has 1 fully saturated rings. The standard InChI is InChI=1S/C12H17NO2/c1-9-4-7-13-8-10(9)11(14)12(15-2)5-3-6-12/h4,7-8,11,14H,3,5-6H2,1-2H3. The van der Waals surface area contributed by atoms with Gasteiger partial charge in [-0.2, -0.15) is 0 Å². The second-order valence-corrected chi connectivity index (χ2v) is 4.26. The van der Waals surface area contributed by atoms with Gasteiger partial charge in [0.15, 0.2) is 0 Å². The van der Waals surface area contributed by atoms with Crippen LogP contribution in [0.2, 0.25) is 0 Å². The number of hydrogen-bond acceptors (Lipinski definition) is 3. The van der Waals surface area contributed by atoms with E-state index in [-0.39, 0.29) is 5.60 Å². The van der Waals surface area contributed by atoms with E-state index in [0.717, 1.165) is 30.4 Å². The fraction of sp³-hybridized carbons (Fsp3) is 0.583. The van der Waals surface area contributed by atoms with Crippen LogP contribution in [0, 0.1) is 6.92 Å². The quantitative estimate of drug-likeness (QED) is 0.824. The Morgan fingerprint density at radius 1 is 1.53 bits per heavy atom. The lowest BCUT2D eigenvalue weighted by Gasteiger charge is -2.44. The van der Waals surface area contributed by atoms with Crippen molar-refractivity contribution in [1.82, 2.24) is 4.98 Å². The second-order valence-electron chi connectivity index (χ2n) is 4.26. The van der Waals surface area contributed by atoms with Crippen molar-refractivity contribution in [2.45, 2.75) is 37.9 Å². The van der Waals surface area contributed by atoms with Gasteiger partial charge in [0.25, 0.3) is 0 Å². The summed E-state index contributed by atoms with van der Waals surface area (Å²) >= 11 is 0. The van der Waals surface area contributed by atoms with E-state index in [0.29, 0.717) is 0 Å². The molecule has 0 aromatic carbocycles. The molecular weight excluding hydrogens is 190 g/mol. The molecule has 1 aliphatic carbocycles. The summed E-state index contributed by atoms with van der Waals surface area (Å²) in [6.45, 7) is 1.99. The largest absolute Gasteiger partial charge is 0.385 e. The van der Waals surface area contributed by atoms with Gasteiger partial charge in [-0.15, -0.1) is 0 Å². The van der Waals surface area contributed by atoms with Crippen molar-refractivity contribution in [3.8, 4) is 0 Å². The van der Waals surface area contributed by atoms with Crippen LogP contribution in [0.5, 0.6) is 0 Å². The van der Waals surface area contributed by atoms with Crippen molar-refractivity contribution in [1.29, 1.82) is 0 Å². The number of aliphatic hydroxyl groups excluding tert-OH is 1. The lowest BCUT2D eigenvalue weighted by atomic mass is 9.73. The van der Waals surface area contributed by atoms with E-state index in [1.165, 1.54) is 0 Å². The maximum absolute atomic E-state index is 10.3. The SMILES string of the molecule is COC1(C(O)c2cnccc2C)CCC1. The maximum Gasteiger partial charge on any atom is 0.110 e. The molecule has 1 N–H and O–H groups in total. The van der Waals surface area contributed by atoms with Gasteiger partial charge in [-0.3, -0.25) is 4.98 Å². The van der Waals surface area contributed by atoms with Crippen LogP contribution in [0.1, 0.15) is 36.5 Å². The first-order valence-electron chi connectivity index (χ1n) is 5.33. The van der Waals surface area contributed by atoms with Gasteiger partial charge >= 0.3 is 0 Å². The molecule has 2 rings (SSSR count). The zero-order valence-electron chi connectivity index (χ0n) is 9.23. The van der Waals surface area contributed by atoms with Gasteiger partial charge in [-0.25, -0.2) is 0 Å². The predicted octanol–water partition coefficient (Wildman–Crippen LogP) is 1.99. The summed E-state index contributed by atoms with van der Waals surface area (Å²) in [6.07, 6.45) is 5.91. The number of aryl methyl sites for hydroxylation is 1. The Bertz CT molecular complexity index is 342. The number of ether oxygens (including phenoxy) is 1. The van der Waals surface area contributed by atoms with E-state index in [2.05, 4.69) is 4.98 Å². The number of methoxy groups -OCH3 is 1. The molecule has 3 nitrogen and oxygen atoms in total. The second kappa shape index (κ2) is 3.91. The highest BCUT2D eigenvalue weighted by Gasteiger charge is 2.44. The normalized spacial score (nSPS) is 20.7. The Hall–Kier alpha value is -0.930. The molecule has 0 spiro atoms. The first-order chi connectivity index (χ1) is 7.19. The molecule has 0 amide bonds. The van der Waals surface area contributed by atoms with Crippen LogP contribution in [0.15, 0.2) is 18.5 Å². The van der Waals surface area contributed by atoms with Crippen molar-refractivity contribution in [2.75, 3.05) is 7.11 Å². The molecule has 1 atom stereocenters. The molecular formula is C12H17NO2. The van der Waals surface area contributed by atoms with Crippen molar-refractivity contribution in [3.63, 3.8) is 0 Å². The van der Waals surface area contributed by atoms with E-state index in [1.807, 2.05) is 13.0 Å². The van der Waals surface area contributed by atoms with Crippen LogP contribution in [0.25, 0.3) is 0 Å².